The van der Waals surface area contributed by atoms with Gasteiger partial charge in [0, 0.05) is 7.05 Å². The number of nitrogens with one attached hydrogen (secondary N) is 1. The van der Waals surface area contributed by atoms with E-state index >= 15 is 0 Å². The molecular formula is C9H12N4. The van der Waals surface area contributed by atoms with Crippen molar-refractivity contribution in [2.75, 3.05) is 11.9 Å². The fourth-order valence-corrected chi connectivity index (χ4v) is 1.42. The Kier molecular flexibility index (Phi) is 1.52. The minimum absolute atomic E-state index is 0.733. The summed E-state index contributed by atoms with van der Waals surface area (Å²) in [7, 11) is 1.91. The molecule has 1 aromatic heterocycles. The van der Waals surface area contributed by atoms with Gasteiger partial charge >= 0.3 is 0 Å². The third-order valence-electron chi connectivity index (χ3n) is 2.17. The van der Waals surface area contributed by atoms with E-state index in [1.165, 1.54) is 0 Å². The molecule has 0 spiro atoms. The average molecular weight is 176 g/mol. The van der Waals surface area contributed by atoms with Crippen LogP contribution < -0.4 is 4.90 Å². The lowest BCUT2D eigenvalue weighted by molar-refractivity contribution is 1.01. The Morgan fingerprint density at radius 1 is 1.38 bits per heavy atom. The Bertz CT molecular complexity index is 400. The van der Waals surface area contributed by atoms with E-state index in [2.05, 4.69) is 21.5 Å². The first-order valence-electron chi connectivity index (χ1n) is 4.14. The summed E-state index contributed by atoms with van der Waals surface area (Å²) in [6, 6.07) is 0. The van der Waals surface area contributed by atoms with Crippen molar-refractivity contribution in [2.45, 2.75) is 13.8 Å². The van der Waals surface area contributed by atoms with E-state index in [1.807, 2.05) is 25.8 Å². The lowest BCUT2D eigenvalue weighted by Gasteiger charge is -2.21. The highest BCUT2D eigenvalue weighted by atomic mass is 15.3. The minimum atomic E-state index is 0.733. The van der Waals surface area contributed by atoms with E-state index < -0.39 is 0 Å². The summed E-state index contributed by atoms with van der Waals surface area (Å²) < 4.78 is 0. The highest BCUT2D eigenvalue weighted by Crippen LogP contribution is 2.25. The van der Waals surface area contributed by atoms with Crippen LogP contribution in [0.4, 0.5) is 5.82 Å². The van der Waals surface area contributed by atoms with E-state index in [0.717, 1.165) is 28.9 Å². The van der Waals surface area contributed by atoms with Crippen LogP contribution in [0.25, 0.3) is 0 Å². The summed E-state index contributed by atoms with van der Waals surface area (Å²) in [6.07, 6.45) is 0. The molecule has 2 rings (SSSR count). The van der Waals surface area contributed by atoms with Gasteiger partial charge in [0.2, 0.25) is 0 Å². The maximum atomic E-state index is 4.36. The number of hydrogen-bond donors (Lipinski definition) is 1. The second-order valence-electron chi connectivity index (χ2n) is 3.19. The normalized spacial score (nSPS) is 15.8. The van der Waals surface area contributed by atoms with Gasteiger partial charge in [-0.3, -0.25) is 0 Å². The number of hydrogen-bond acceptors (Lipinski definition) is 3. The van der Waals surface area contributed by atoms with Crippen LogP contribution in [-0.2, 0) is 0 Å². The summed E-state index contributed by atoms with van der Waals surface area (Å²) in [4.78, 5) is 13.7. The number of aliphatic imine (C=N–C) groups is 1. The number of fused-ring (bicyclic) bond motifs is 1. The SMILES string of the molecule is C=C1N=C(C)c2[nH]c(C)nc2N1C. The molecular weight excluding hydrogens is 164 g/mol. The molecule has 13 heavy (non-hydrogen) atoms. The van der Waals surface area contributed by atoms with Gasteiger partial charge in [-0.1, -0.05) is 6.58 Å². The standard InChI is InChI=1S/C9H12N4/c1-5-8-9(12-6(2)11-8)13(4)7(3)10-5/h3H2,1-2,4H3,(H,11,12). The molecule has 0 unspecified atom stereocenters. The molecule has 1 aromatic rings. The second kappa shape index (κ2) is 2.45. The smallest absolute Gasteiger partial charge is 0.161 e. The maximum absolute atomic E-state index is 4.36. The summed E-state index contributed by atoms with van der Waals surface area (Å²) in [5.74, 6) is 2.55. The molecule has 0 aromatic carbocycles. The predicted molar refractivity (Wildman–Crippen MR) is 53.1 cm³/mol. The van der Waals surface area contributed by atoms with Crippen molar-refractivity contribution < 1.29 is 0 Å². The maximum Gasteiger partial charge on any atom is 0.161 e. The molecule has 4 nitrogen and oxygen atoms in total. The lowest BCUT2D eigenvalue weighted by atomic mass is 10.2. The molecule has 1 N–H and O–H groups in total. The van der Waals surface area contributed by atoms with Gasteiger partial charge in [-0.15, -0.1) is 0 Å². The molecule has 1 aliphatic rings. The van der Waals surface area contributed by atoms with Gasteiger partial charge in [-0.25, -0.2) is 9.98 Å². The number of nitrogens with zero attached hydrogens (tertiary/aromatic N) is 3. The van der Waals surface area contributed by atoms with Crippen LogP contribution in [0.5, 0.6) is 0 Å². The number of aromatic amines is 1. The van der Waals surface area contributed by atoms with Gasteiger partial charge in [-0.05, 0) is 13.8 Å². The molecule has 2 heterocycles. The number of imidazole rings is 1. The fraction of sp³-hybridized carbons (Fsp3) is 0.333. The van der Waals surface area contributed by atoms with Crippen molar-refractivity contribution >= 4 is 11.5 Å². The van der Waals surface area contributed by atoms with E-state index in [4.69, 9.17) is 0 Å². The first-order valence-corrected chi connectivity index (χ1v) is 4.14. The van der Waals surface area contributed by atoms with Gasteiger partial charge < -0.3 is 9.88 Å². The van der Waals surface area contributed by atoms with Crippen LogP contribution in [0, 0.1) is 6.92 Å². The zero-order chi connectivity index (χ0) is 9.59. The second-order valence-corrected chi connectivity index (χ2v) is 3.19. The van der Waals surface area contributed by atoms with Crippen LogP contribution in [0.1, 0.15) is 18.4 Å². The molecule has 0 saturated heterocycles. The molecule has 1 aliphatic heterocycles. The first kappa shape index (κ1) is 8.04. The fourth-order valence-electron chi connectivity index (χ4n) is 1.42. The average Bonchev–Trinajstić information content (AvgIpc) is 2.44. The van der Waals surface area contributed by atoms with Crippen molar-refractivity contribution in [2.24, 2.45) is 4.99 Å². The molecule has 4 heteroatoms. The van der Waals surface area contributed by atoms with E-state index in [1.54, 1.807) is 0 Å². The first-order chi connectivity index (χ1) is 6.09. The number of aryl methyl sites for hydroxylation is 1. The number of rotatable bonds is 0. The van der Waals surface area contributed by atoms with Crippen LogP contribution in [-0.4, -0.2) is 22.7 Å². The lowest BCUT2D eigenvalue weighted by Crippen LogP contribution is -2.22. The molecule has 0 aliphatic carbocycles. The summed E-state index contributed by atoms with van der Waals surface area (Å²) in [5.41, 5.74) is 1.94. The zero-order valence-corrected chi connectivity index (χ0v) is 8.05. The molecule has 0 bridgehead atoms. The van der Waals surface area contributed by atoms with Gasteiger partial charge in [0.15, 0.2) is 5.82 Å². The van der Waals surface area contributed by atoms with E-state index in [0.29, 0.717) is 0 Å². The Labute approximate surface area is 77.0 Å². The van der Waals surface area contributed by atoms with E-state index in [9.17, 15) is 0 Å². The molecule has 0 radical (unpaired) electrons. The van der Waals surface area contributed by atoms with E-state index in [-0.39, 0.29) is 0 Å². The van der Waals surface area contributed by atoms with Gasteiger partial charge in [0.1, 0.15) is 17.3 Å². The Balaban J connectivity index is 2.63. The number of aromatic nitrogens is 2. The zero-order valence-electron chi connectivity index (χ0n) is 8.05. The van der Waals surface area contributed by atoms with Crippen LogP contribution in [0.2, 0.25) is 0 Å². The highest BCUT2D eigenvalue weighted by molar-refractivity contribution is 6.03. The molecule has 68 valence electrons. The topological polar surface area (TPSA) is 44.3 Å². The number of anilines is 1. The van der Waals surface area contributed by atoms with Crippen molar-refractivity contribution in [3.8, 4) is 0 Å². The Hall–Kier alpha value is -1.58. The highest BCUT2D eigenvalue weighted by Gasteiger charge is 2.21. The van der Waals surface area contributed by atoms with Crippen LogP contribution >= 0.6 is 0 Å². The van der Waals surface area contributed by atoms with Crippen molar-refractivity contribution in [1.29, 1.82) is 0 Å². The van der Waals surface area contributed by atoms with Crippen LogP contribution in [0.15, 0.2) is 17.4 Å². The summed E-state index contributed by atoms with van der Waals surface area (Å²) in [6.45, 7) is 7.72. The van der Waals surface area contributed by atoms with Gasteiger partial charge in [0.25, 0.3) is 0 Å². The third-order valence-corrected chi connectivity index (χ3v) is 2.17. The summed E-state index contributed by atoms with van der Waals surface area (Å²) in [5, 5.41) is 0. The van der Waals surface area contributed by atoms with Crippen molar-refractivity contribution in [3.63, 3.8) is 0 Å². The number of H-pyrrole nitrogens is 1. The third kappa shape index (κ3) is 1.06. The molecule has 0 fully saturated rings. The van der Waals surface area contributed by atoms with Gasteiger partial charge in [-0.2, -0.15) is 0 Å². The molecule has 0 amide bonds. The van der Waals surface area contributed by atoms with Crippen LogP contribution in [0.3, 0.4) is 0 Å². The quantitative estimate of drug-likeness (QED) is 0.650. The van der Waals surface area contributed by atoms with Gasteiger partial charge in [0.05, 0.1) is 5.71 Å². The minimum Gasteiger partial charge on any atom is -0.339 e. The predicted octanol–water partition coefficient (Wildman–Crippen LogP) is 1.45. The Morgan fingerprint density at radius 3 is 2.77 bits per heavy atom. The summed E-state index contributed by atoms with van der Waals surface area (Å²) >= 11 is 0. The molecule has 0 saturated carbocycles. The van der Waals surface area contributed by atoms with Crippen molar-refractivity contribution in [1.82, 2.24) is 9.97 Å². The monoisotopic (exact) mass is 176 g/mol. The largest absolute Gasteiger partial charge is 0.339 e. The Morgan fingerprint density at radius 2 is 2.08 bits per heavy atom. The van der Waals surface area contributed by atoms with Crippen molar-refractivity contribution in [3.05, 3.63) is 23.9 Å². The molecule has 0 atom stereocenters.